The summed E-state index contributed by atoms with van der Waals surface area (Å²) in [5.41, 5.74) is 13.7. The molecule has 0 radical (unpaired) electrons. The molecule has 8 rings (SSSR count). The number of allylic oxidation sites excluding steroid dienone is 2. The van der Waals surface area contributed by atoms with Gasteiger partial charge in [0.1, 0.15) is 0 Å². The van der Waals surface area contributed by atoms with Gasteiger partial charge < -0.3 is 5.32 Å². The van der Waals surface area contributed by atoms with Crippen LogP contribution in [0.4, 0.5) is 0 Å². The van der Waals surface area contributed by atoms with Crippen molar-refractivity contribution in [2.75, 3.05) is 6.54 Å². The SMILES string of the molecule is C=C(CC/C=C(/NCC)c1ccccc1)c1cccc(-c2cccc(-c3cccc(-c4ccc5c(c4)c4ccccc4c4nccnc54)c3)c2)c1. The van der Waals surface area contributed by atoms with Crippen molar-refractivity contribution in [3.8, 4) is 33.4 Å². The van der Waals surface area contributed by atoms with Gasteiger partial charge in [-0.2, -0.15) is 0 Å². The Balaban J connectivity index is 1.06. The fourth-order valence-electron chi connectivity index (χ4n) is 7.12. The van der Waals surface area contributed by atoms with Gasteiger partial charge in [-0.1, -0.05) is 134 Å². The summed E-state index contributed by atoms with van der Waals surface area (Å²) in [6.07, 6.45) is 7.66. The highest BCUT2D eigenvalue weighted by atomic mass is 14.9. The van der Waals surface area contributed by atoms with Crippen molar-refractivity contribution in [1.29, 1.82) is 0 Å². The molecule has 8 aromatic rings. The van der Waals surface area contributed by atoms with Crippen LogP contribution in [0.25, 0.3) is 77.2 Å². The zero-order chi connectivity index (χ0) is 34.6. The molecule has 51 heavy (non-hydrogen) atoms. The van der Waals surface area contributed by atoms with Gasteiger partial charge in [-0.15, -0.1) is 0 Å². The zero-order valence-corrected chi connectivity index (χ0v) is 28.8. The first kappa shape index (κ1) is 31.9. The second kappa shape index (κ2) is 14.3. The molecule has 0 bridgehead atoms. The number of aromatic nitrogens is 2. The van der Waals surface area contributed by atoms with Crippen LogP contribution in [0.15, 0.2) is 171 Å². The molecule has 0 aliphatic carbocycles. The normalized spacial score (nSPS) is 11.7. The maximum atomic E-state index is 4.73. The van der Waals surface area contributed by atoms with Crippen molar-refractivity contribution in [2.45, 2.75) is 19.8 Å². The molecule has 0 spiro atoms. The summed E-state index contributed by atoms with van der Waals surface area (Å²) in [5, 5.41) is 8.15. The van der Waals surface area contributed by atoms with Crippen LogP contribution in [0, 0.1) is 0 Å². The molecule has 0 aliphatic rings. The number of benzene rings is 7. The topological polar surface area (TPSA) is 37.8 Å². The standard InChI is InChI=1S/C48H39N3/c1-3-49-46(34-14-5-4-6-15-34)24-9-13-33(2)35-16-10-17-36(29-35)37-18-11-19-38(30-37)39-20-12-21-40(31-39)41-25-26-44-45(32-41)42-22-7-8-23-43(42)47-48(44)51-28-27-50-47/h4-8,10-12,14-32,49H,2-3,9,13H2,1H3/b46-24+. The van der Waals surface area contributed by atoms with E-state index in [2.05, 4.69) is 175 Å². The van der Waals surface area contributed by atoms with Crippen LogP contribution in [0.5, 0.6) is 0 Å². The molecule has 0 saturated carbocycles. The van der Waals surface area contributed by atoms with E-state index in [-0.39, 0.29) is 0 Å². The summed E-state index contributed by atoms with van der Waals surface area (Å²) in [4.78, 5) is 9.42. The predicted molar refractivity (Wildman–Crippen MR) is 217 cm³/mol. The molecule has 0 amide bonds. The molecule has 0 atom stereocenters. The lowest BCUT2D eigenvalue weighted by Gasteiger charge is -2.12. The molecule has 0 saturated heterocycles. The molecule has 1 heterocycles. The fourth-order valence-corrected chi connectivity index (χ4v) is 7.12. The molecule has 3 heteroatoms. The minimum atomic E-state index is 0.890. The van der Waals surface area contributed by atoms with E-state index in [0.717, 1.165) is 46.8 Å². The highest BCUT2D eigenvalue weighted by molar-refractivity contribution is 6.23. The minimum Gasteiger partial charge on any atom is -0.385 e. The lowest BCUT2D eigenvalue weighted by molar-refractivity contribution is 0.928. The third-order valence-electron chi connectivity index (χ3n) is 9.69. The van der Waals surface area contributed by atoms with Crippen molar-refractivity contribution >= 4 is 43.8 Å². The van der Waals surface area contributed by atoms with Gasteiger partial charge in [0.15, 0.2) is 0 Å². The van der Waals surface area contributed by atoms with E-state index in [9.17, 15) is 0 Å². The van der Waals surface area contributed by atoms with Crippen LogP contribution in [-0.2, 0) is 0 Å². The first-order valence-corrected chi connectivity index (χ1v) is 17.7. The molecule has 0 fully saturated rings. The highest BCUT2D eigenvalue weighted by Crippen LogP contribution is 2.37. The molecule has 3 nitrogen and oxygen atoms in total. The molecular weight excluding hydrogens is 619 g/mol. The van der Waals surface area contributed by atoms with Gasteiger partial charge >= 0.3 is 0 Å². The lowest BCUT2D eigenvalue weighted by atomic mass is 9.93. The summed E-state index contributed by atoms with van der Waals surface area (Å²) in [7, 11) is 0. The van der Waals surface area contributed by atoms with Crippen LogP contribution >= 0.6 is 0 Å². The number of hydrogen-bond donors (Lipinski definition) is 1. The Morgan fingerprint density at radius 3 is 1.71 bits per heavy atom. The summed E-state index contributed by atoms with van der Waals surface area (Å²) >= 11 is 0. The van der Waals surface area contributed by atoms with Gasteiger partial charge in [0.25, 0.3) is 0 Å². The molecule has 0 unspecified atom stereocenters. The number of nitrogens with one attached hydrogen (secondary N) is 1. The second-order valence-electron chi connectivity index (χ2n) is 13.0. The molecule has 246 valence electrons. The van der Waals surface area contributed by atoms with Crippen molar-refractivity contribution < 1.29 is 0 Å². The average molecular weight is 658 g/mol. The number of hydrogen-bond acceptors (Lipinski definition) is 3. The fraction of sp³-hybridized carbons (Fsp3) is 0.0833. The average Bonchev–Trinajstić information content (AvgIpc) is 3.21. The van der Waals surface area contributed by atoms with Crippen LogP contribution in [0.3, 0.4) is 0 Å². The Hall–Kier alpha value is -6.32. The van der Waals surface area contributed by atoms with E-state index in [1.165, 1.54) is 61.0 Å². The van der Waals surface area contributed by atoms with E-state index in [1.54, 1.807) is 12.4 Å². The summed E-state index contributed by atoms with van der Waals surface area (Å²) in [6, 6.07) is 52.2. The van der Waals surface area contributed by atoms with Crippen molar-refractivity contribution in [2.24, 2.45) is 0 Å². The second-order valence-corrected chi connectivity index (χ2v) is 13.0. The zero-order valence-electron chi connectivity index (χ0n) is 28.8. The van der Waals surface area contributed by atoms with Crippen LogP contribution < -0.4 is 5.32 Å². The van der Waals surface area contributed by atoms with Gasteiger partial charge in [0.05, 0.1) is 11.0 Å². The Kier molecular flexibility index (Phi) is 8.93. The van der Waals surface area contributed by atoms with Crippen molar-refractivity contribution in [3.63, 3.8) is 0 Å². The van der Waals surface area contributed by atoms with Crippen molar-refractivity contribution in [3.05, 3.63) is 182 Å². The van der Waals surface area contributed by atoms with Gasteiger partial charge in [-0.25, -0.2) is 0 Å². The molecule has 7 aromatic carbocycles. The first-order valence-electron chi connectivity index (χ1n) is 17.7. The predicted octanol–water partition coefficient (Wildman–Crippen LogP) is 12.4. The van der Waals surface area contributed by atoms with Gasteiger partial charge in [-0.05, 0) is 105 Å². The highest BCUT2D eigenvalue weighted by Gasteiger charge is 2.12. The number of fused-ring (bicyclic) bond motifs is 6. The lowest BCUT2D eigenvalue weighted by Crippen LogP contribution is -2.10. The minimum absolute atomic E-state index is 0.890. The third kappa shape index (κ3) is 6.54. The monoisotopic (exact) mass is 657 g/mol. The Bertz CT molecular complexity index is 2530. The Morgan fingerprint density at radius 1 is 0.529 bits per heavy atom. The Labute approximate surface area is 299 Å². The maximum absolute atomic E-state index is 4.73. The van der Waals surface area contributed by atoms with E-state index in [0.29, 0.717) is 0 Å². The van der Waals surface area contributed by atoms with Crippen LogP contribution in [0.1, 0.15) is 30.9 Å². The van der Waals surface area contributed by atoms with Gasteiger partial charge in [-0.3, -0.25) is 9.97 Å². The number of nitrogens with zero attached hydrogens (tertiary/aromatic N) is 2. The number of rotatable bonds is 10. The smallest absolute Gasteiger partial charge is 0.0971 e. The van der Waals surface area contributed by atoms with Gasteiger partial charge in [0, 0.05) is 35.4 Å². The van der Waals surface area contributed by atoms with E-state index in [4.69, 9.17) is 4.98 Å². The largest absolute Gasteiger partial charge is 0.385 e. The van der Waals surface area contributed by atoms with Crippen LogP contribution in [-0.4, -0.2) is 16.5 Å². The first-order chi connectivity index (χ1) is 25.2. The van der Waals surface area contributed by atoms with Crippen LogP contribution in [0.2, 0.25) is 0 Å². The van der Waals surface area contributed by atoms with E-state index < -0.39 is 0 Å². The summed E-state index contributed by atoms with van der Waals surface area (Å²) < 4.78 is 0. The summed E-state index contributed by atoms with van der Waals surface area (Å²) in [6.45, 7) is 7.50. The van der Waals surface area contributed by atoms with E-state index in [1.807, 2.05) is 0 Å². The Morgan fingerprint density at radius 2 is 1.06 bits per heavy atom. The summed E-state index contributed by atoms with van der Waals surface area (Å²) in [5.74, 6) is 0. The third-order valence-corrected chi connectivity index (χ3v) is 9.69. The molecular formula is C48H39N3. The van der Waals surface area contributed by atoms with E-state index >= 15 is 0 Å². The van der Waals surface area contributed by atoms with Gasteiger partial charge in [0.2, 0.25) is 0 Å². The molecule has 0 aliphatic heterocycles. The molecule has 1 N–H and O–H groups in total. The maximum Gasteiger partial charge on any atom is 0.0971 e. The van der Waals surface area contributed by atoms with Crippen molar-refractivity contribution in [1.82, 2.24) is 15.3 Å². The quantitative estimate of drug-likeness (QED) is 0.149. The molecule has 1 aromatic heterocycles.